The Bertz CT molecular complexity index is 1520. The van der Waals surface area contributed by atoms with Gasteiger partial charge in [-0.05, 0) is 129 Å². The average Bonchev–Trinajstić information content (AvgIpc) is 3.04. The van der Waals surface area contributed by atoms with Gasteiger partial charge in [0.2, 0.25) is 0 Å². The molecule has 7 nitrogen and oxygen atoms in total. The molecule has 224 valence electrons. The number of hydrogen-bond donors (Lipinski definition) is 0. The van der Waals surface area contributed by atoms with Crippen LogP contribution in [0, 0.1) is 0 Å². The van der Waals surface area contributed by atoms with Crippen LogP contribution in [0.5, 0.6) is 17.2 Å². The summed E-state index contributed by atoms with van der Waals surface area (Å²) in [5.74, 6) is 1.78. The first-order valence-corrected chi connectivity index (χ1v) is 15.5. The predicted molar refractivity (Wildman–Crippen MR) is 170 cm³/mol. The number of nitrogens with zero attached hydrogens (tertiary/aromatic N) is 2. The van der Waals surface area contributed by atoms with Crippen molar-refractivity contribution in [2.75, 3.05) is 6.61 Å². The number of benzene rings is 3. The minimum atomic E-state index is -0.558. The molecule has 0 amide bonds. The molecule has 0 saturated heterocycles. The third-order valence-corrected chi connectivity index (χ3v) is 8.50. The molecule has 0 unspecified atom stereocenters. The van der Waals surface area contributed by atoms with Crippen molar-refractivity contribution in [1.82, 2.24) is 9.97 Å². The summed E-state index contributed by atoms with van der Waals surface area (Å²) in [5, 5.41) is 0. The van der Waals surface area contributed by atoms with Gasteiger partial charge >= 0.3 is 5.97 Å². The molecule has 0 aliphatic heterocycles. The van der Waals surface area contributed by atoms with Crippen LogP contribution in [0.4, 0.5) is 0 Å². The van der Waals surface area contributed by atoms with Gasteiger partial charge in [-0.2, -0.15) is 0 Å². The molecular formula is C36H35N2O5S+. The molecule has 0 N–H and O–H groups in total. The first-order chi connectivity index (χ1) is 21.3. The van der Waals surface area contributed by atoms with E-state index in [4.69, 9.17) is 18.9 Å². The summed E-state index contributed by atoms with van der Waals surface area (Å²) >= 11 is 0. The predicted octanol–water partition coefficient (Wildman–Crippen LogP) is 7.45. The van der Waals surface area contributed by atoms with E-state index in [1.54, 1.807) is 24.8 Å². The number of esters is 1. The molecule has 2 aromatic heterocycles. The highest BCUT2D eigenvalue weighted by Crippen LogP contribution is 2.34. The molecule has 0 saturated carbocycles. The van der Waals surface area contributed by atoms with Gasteiger partial charge in [0.05, 0.1) is 10.9 Å². The molecule has 0 spiro atoms. The van der Waals surface area contributed by atoms with Crippen LogP contribution in [0.25, 0.3) is 0 Å². The largest absolute Gasteiger partial charge is 0.489 e. The van der Waals surface area contributed by atoms with Crippen molar-refractivity contribution in [2.45, 2.75) is 54.3 Å². The summed E-state index contributed by atoms with van der Waals surface area (Å²) in [5.41, 5.74) is 1.56. The monoisotopic (exact) mass is 607 g/mol. The first kappa shape index (κ1) is 30.6. The van der Waals surface area contributed by atoms with Crippen molar-refractivity contribution in [3.05, 3.63) is 133 Å². The van der Waals surface area contributed by atoms with Gasteiger partial charge in [-0.15, -0.1) is 0 Å². The van der Waals surface area contributed by atoms with Crippen molar-refractivity contribution in [3.8, 4) is 17.2 Å². The second-order valence-electron chi connectivity index (χ2n) is 10.9. The quantitative estimate of drug-likeness (QED) is 0.108. The fraction of sp³-hybridized carbons (Fsp3) is 0.194. The van der Waals surface area contributed by atoms with Gasteiger partial charge in [0, 0.05) is 24.8 Å². The van der Waals surface area contributed by atoms with Gasteiger partial charge in [0.25, 0.3) is 0 Å². The van der Waals surface area contributed by atoms with E-state index in [1.165, 1.54) is 0 Å². The number of aromatic nitrogens is 2. The van der Waals surface area contributed by atoms with Crippen molar-refractivity contribution in [2.24, 2.45) is 0 Å². The van der Waals surface area contributed by atoms with E-state index in [-0.39, 0.29) is 6.61 Å². The molecule has 0 aliphatic rings. The molecule has 5 aromatic rings. The SMILES string of the molecule is CC(C)(C)OC(=O)COc1ccc([S+](c2ccc(OCc3ccncc3)cc2)c2ccc(OCc3ccncc3)cc2)cc1. The van der Waals surface area contributed by atoms with Crippen LogP contribution in [0.3, 0.4) is 0 Å². The van der Waals surface area contributed by atoms with E-state index in [2.05, 4.69) is 34.2 Å². The fourth-order valence-corrected chi connectivity index (χ4v) is 6.27. The van der Waals surface area contributed by atoms with Gasteiger partial charge in [-0.3, -0.25) is 9.97 Å². The molecule has 44 heavy (non-hydrogen) atoms. The number of pyridine rings is 2. The topological polar surface area (TPSA) is 79.8 Å². The van der Waals surface area contributed by atoms with Crippen LogP contribution in [0.15, 0.2) is 137 Å². The third kappa shape index (κ3) is 9.09. The zero-order chi connectivity index (χ0) is 30.8. The van der Waals surface area contributed by atoms with Crippen molar-refractivity contribution >= 4 is 16.9 Å². The summed E-state index contributed by atoms with van der Waals surface area (Å²) < 4.78 is 23.1. The maximum absolute atomic E-state index is 12.1. The van der Waals surface area contributed by atoms with Gasteiger partial charge < -0.3 is 18.9 Å². The zero-order valence-corrected chi connectivity index (χ0v) is 25.8. The zero-order valence-electron chi connectivity index (χ0n) is 25.0. The number of carbonyl (C=O) groups is 1. The second kappa shape index (κ2) is 14.6. The highest BCUT2D eigenvalue weighted by molar-refractivity contribution is 7.97. The highest BCUT2D eigenvalue weighted by atomic mass is 32.2. The second-order valence-corrected chi connectivity index (χ2v) is 12.9. The minimum Gasteiger partial charge on any atom is -0.489 e. The van der Waals surface area contributed by atoms with E-state index in [9.17, 15) is 4.79 Å². The van der Waals surface area contributed by atoms with Crippen molar-refractivity contribution < 1.29 is 23.7 Å². The van der Waals surface area contributed by atoms with E-state index >= 15 is 0 Å². The summed E-state index contributed by atoms with van der Waals surface area (Å²) in [4.78, 5) is 23.6. The summed E-state index contributed by atoms with van der Waals surface area (Å²) in [6, 6.07) is 32.0. The summed E-state index contributed by atoms with van der Waals surface area (Å²) in [6.07, 6.45) is 7.04. The Morgan fingerprint density at radius 1 is 0.568 bits per heavy atom. The van der Waals surface area contributed by atoms with Gasteiger partial charge in [-0.1, -0.05) is 0 Å². The van der Waals surface area contributed by atoms with Gasteiger partial charge in [-0.25, -0.2) is 4.79 Å². The lowest BCUT2D eigenvalue weighted by atomic mass is 10.2. The summed E-state index contributed by atoms with van der Waals surface area (Å²) in [6.45, 7) is 6.29. The van der Waals surface area contributed by atoms with Crippen LogP contribution in [0.2, 0.25) is 0 Å². The Labute approximate surface area is 261 Å². The Hall–Kier alpha value is -4.82. The molecule has 0 radical (unpaired) electrons. The normalized spacial score (nSPS) is 11.2. The van der Waals surface area contributed by atoms with Crippen LogP contribution >= 0.6 is 0 Å². The Kier molecular flexibility index (Phi) is 10.1. The van der Waals surface area contributed by atoms with Crippen LogP contribution in [0.1, 0.15) is 31.9 Å². The molecule has 0 atom stereocenters. The smallest absolute Gasteiger partial charge is 0.344 e. The molecule has 0 aliphatic carbocycles. The van der Waals surface area contributed by atoms with Crippen LogP contribution in [-0.2, 0) is 33.6 Å². The fourth-order valence-electron chi connectivity index (χ4n) is 4.23. The van der Waals surface area contributed by atoms with Crippen molar-refractivity contribution in [1.29, 1.82) is 0 Å². The summed E-state index contributed by atoms with van der Waals surface area (Å²) in [7, 11) is -0.420. The maximum Gasteiger partial charge on any atom is 0.344 e. The van der Waals surface area contributed by atoms with Gasteiger partial charge in [0.1, 0.15) is 36.1 Å². The molecular weight excluding hydrogens is 572 g/mol. The van der Waals surface area contributed by atoms with Crippen LogP contribution in [-0.4, -0.2) is 28.1 Å². The first-order valence-electron chi connectivity index (χ1n) is 14.2. The lowest BCUT2D eigenvalue weighted by molar-refractivity contribution is -0.157. The Morgan fingerprint density at radius 3 is 1.30 bits per heavy atom. The average molecular weight is 608 g/mol. The number of rotatable bonds is 12. The van der Waals surface area contributed by atoms with E-state index < -0.39 is 22.5 Å². The van der Waals surface area contributed by atoms with Crippen molar-refractivity contribution in [3.63, 3.8) is 0 Å². The number of hydrogen-bond acceptors (Lipinski definition) is 7. The molecule has 8 heteroatoms. The molecule has 3 aromatic carbocycles. The minimum absolute atomic E-state index is 0.149. The molecule has 0 bridgehead atoms. The lowest BCUT2D eigenvalue weighted by Crippen LogP contribution is -2.27. The molecule has 2 heterocycles. The Balaban J connectivity index is 1.33. The van der Waals surface area contributed by atoms with E-state index in [0.29, 0.717) is 19.0 Å². The number of carbonyl (C=O) groups excluding carboxylic acids is 1. The Morgan fingerprint density at radius 2 is 0.932 bits per heavy atom. The van der Waals surface area contributed by atoms with E-state index in [0.717, 1.165) is 37.3 Å². The number of ether oxygens (including phenoxy) is 4. The van der Waals surface area contributed by atoms with E-state index in [1.807, 2.05) is 93.6 Å². The molecule has 5 rings (SSSR count). The molecule has 0 fully saturated rings. The van der Waals surface area contributed by atoms with Gasteiger partial charge in [0.15, 0.2) is 21.3 Å². The van der Waals surface area contributed by atoms with Crippen LogP contribution < -0.4 is 14.2 Å². The lowest BCUT2D eigenvalue weighted by Gasteiger charge is -2.19. The third-order valence-electron chi connectivity index (χ3n) is 6.26. The maximum atomic E-state index is 12.1. The standard InChI is InChI=1S/C36H35N2O5S/c1-36(2,3)43-35(39)26-42-31-8-14-34(15-9-31)44(32-10-4-29(5-11-32)40-24-27-16-20-37-21-17-27)33-12-6-30(7-13-33)41-25-28-18-22-38-23-19-28/h4-23H,24-26H2,1-3H3/q+1. The highest BCUT2D eigenvalue weighted by Gasteiger charge is 2.29.